The zero-order chi connectivity index (χ0) is 10.1. The summed E-state index contributed by atoms with van der Waals surface area (Å²) in [6, 6.07) is 2.78. The molecular formula is C6H2BF4N2-. The minimum Gasteiger partial charge on any atom is -0.445 e. The minimum absolute atomic E-state index is 0.374. The Labute approximate surface area is 70.9 Å². The molecule has 1 aromatic heterocycles. The zero-order valence-electron chi connectivity index (χ0n) is 6.14. The molecule has 0 spiro atoms. The van der Waals surface area contributed by atoms with Crippen molar-refractivity contribution in [1.82, 2.24) is 4.98 Å². The molecule has 2 nitrogen and oxygen atoms in total. The van der Waals surface area contributed by atoms with Crippen molar-refractivity contribution < 1.29 is 17.3 Å². The van der Waals surface area contributed by atoms with E-state index in [0.717, 1.165) is 6.07 Å². The van der Waals surface area contributed by atoms with Crippen molar-refractivity contribution in [3.05, 3.63) is 23.8 Å². The smallest absolute Gasteiger partial charge is 0.445 e. The van der Waals surface area contributed by atoms with Crippen LogP contribution in [0.25, 0.3) is 0 Å². The molecule has 0 amide bonds. The molecule has 0 aliphatic rings. The van der Waals surface area contributed by atoms with E-state index in [4.69, 9.17) is 5.26 Å². The van der Waals surface area contributed by atoms with E-state index in [0.29, 0.717) is 6.07 Å². The topological polar surface area (TPSA) is 36.7 Å². The lowest BCUT2D eigenvalue weighted by atomic mass is 9.81. The number of aromatic nitrogens is 1. The van der Waals surface area contributed by atoms with Crippen LogP contribution >= 0.6 is 0 Å². The molecule has 0 unspecified atom stereocenters. The van der Waals surface area contributed by atoms with E-state index >= 15 is 0 Å². The lowest BCUT2D eigenvalue weighted by Gasteiger charge is -2.14. The standard InChI is InChI=1S/C6H2BF4N2/c8-6-5(7(9,10)11)2-1-4(3-12)13-6/h1-2H/q-1. The van der Waals surface area contributed by atoms with Crippen LogP contribution in [0, 0.1) is 17.3 Å². The highest BCUT2D eigenvalue weighted by Crippen LogP contribution is 2.10. The molecule has 0 radical (unpaired) electrons. The van der Waals surface area contributed by atoms with Crippen molar-refractivity contribution in [3.63, 3.8) is 0 Å². The maximum atomic E-state index is 12.6. The molecule has 0 fully saturated rings. The summed E-state index contributed by atoms with van der Waals surface area (Å²) < 4.78 is 48.5. The number of hydrogen-bond acceptors (Lipinski definition) is 2. The second-order valence-electron chi connectivity index (χ2n) is 2.26. The molecule has 68 valence electrons. The Bertz CT molecular complexity index is 368. The van der Waals surface area contributed by atoms with Gasteiger partial charge in [-0.2, -0.15) is 9.65 Å². The highest BCUT2D eigenvalue weighted by atomic mass is 19.4. The Morgan fingerprint density at radius 1 is 1.31 bits per heavy atom. The van der Waals surface area contributed by atoms with Crippen LogP contribution in [0.15, 0.2) is 12.1 Å². The van der Waals surface area contributed by atoms with Crippen molar-refractivity contribution in [2.45, 2.75) is 0 Å². The van der Waals surface area contributed by atoms with Gasteiger partial charge in [-0.1, -0.05) is 11.5 Å². The highest BCUT2D eigenvalue weighted by Gasteiger charge is 2.29. The second-order valence-corrected chi connectivity index (χ2v) is 2.26. The number of nitriles is 1. The minimum atomic E-state index is -5.40. The molecule has 0 bridgehead atoms. The molecular weight excluding hydrogens is 187 g/mol. The average molecular weight is 189 g/mol. The monoisotopic (exact) mass is 189 g/mol. The average Bonchev–Trinajstić information content (AvgIpc) is 2.01. The molecule has 0 aliphatic carbocycles. The van der Waals surface area contributed by atoms with Gasteiger partial charge in [0.15, 0.2) is 5.95 Å². The Hall–Kier alpha value is -1.58. The van der Waals surface area contributed by atoms with Crippen LogP contribution < -0.4 is 5.46 Å². The third-order valence-electron chi connectivity index (χ3n) is 1.34. The summed E-state index contributed by atoms with van der Waals surface area (Å²) in [5.41, 5.74) is -1.78. The molecule has 7 heteroatoms. The van der Waals surface area contributed by atoms with Crippen LogP contribution in [0.2, 0.25) is 0 Å². The van der Waals surface area contributed by atoms with E-state index in [1.54, 1.807) is 0 Å². The summed E-state index contributed by atoms with van der Waals surface area (Å²) in [6.45, 7) is -5.40. The van der Waals surface area contributed by atoms with E-state index in [1.165, 1.54) is 6.07 Å². The van der Waals surface area contributed by atoms with E-state index in [2.05, 4.69) is 4.98 Å². The third-order valence-corrected chi connectivity index (χ3v) is 1.34. The first-order valence-corrected chi connectivity index (χ1v) is 3.21. The maximum Gasteiger partial charge on any atom is 0.514 e. The second kappa shape index (κ2) is 3.05. The normalized spacial score (nSPS) is 11.0. The van der Waals surface area contributed by atoms with Crippen LogP contribution in [-0.2, 0) is 0 Å². The third kappa shape index (κ3) is 1.96. The quantitative estimate of drug-likeness (QED) is 0.377. The van der Waals surface area contributed by atoms with Gasteiger partial charge in [0.1, 0.15) is 11.8 Å². The van der Waals surface area contributed by atoms with Gasteiger partial charge in [-0.25, -0.2) is 4.98 Å². The summed E-state index contributed by atoms with van der Waals surface area (Å²) in [6.07, 6.45) is 0. The van der Waals surface area contributed by atoms with Gasteiger partial charge in [-0.3, -0.25) is 0 Å². The van der Waals surface area contributed by atoms with Crippen molar-refractivity contribution in [2.75, 3.05) is 0 Å². The summed E-state index contributed by atoms with van der Waals surface area (Å²) in [7, 11) is 0. The van der Waals surface area contributed by atoms with Crippen LogP contribution in [0.3, 0.4) is 0 Å². The Balaban J connectivity index is 3.23. The highest BCUT2D eigenvalue weighted by molar-refractivity contribution is 6.73. The fourth-order valence-corrected chi connectivity index (χ4v) is 0.751. The van der Waals surface area contributed by atoms with E-state index < -0.39 is 18.4 Å². The van der Waals surface area contributed by atoms with Crippen LogP contribution in [0.5, 0.6) is 0 Å². The SMILES string of the molecule is N#Cc1ccc([B-](F)(F)F)c(F)n1. The first-order valence-electron chi connectivity index (χ1n) is 3.21. The van der Waals surface area contributed by atoms with Crippen LogP contribution in [-0.4, -0.2) is 12.0 Å². The fraction of sp³-hybridized carbons (Fsp3) is 0. The number of pyridine rings is 1. The maximum absolute atomic E-state index is 12.6. The van der Waals surface area contributed by atoms with Crippen LogP contribution in [0.4, 0.5) is 17.3 Å². The summed E-state index contributed by atoms with van der Waals surface area (Å²) in [5, 5.41) is 8.20. The Morgan fingerprint density at radius 3 is 2.31 bits per heavy atom. The Kier molecular flexibility index (Phi) is 2.23. The van der Waals surface area contributed by atoms with Crippen molar-refractivity contribution in [1.29, 1.82) is 5.26 Å². The van der Waals surface area contributed by atoms with Crippen molar-refractivity contribution in [3.8, 4) is 6.07 Å². The number of hydrogen-bond donors (Lipinski definition) is 0. The van der Waals surface area contributed by atoms with Gasteiger partial charge in [-0.15, -0.1) is 0 Å². The van der Waals surface area contributed by atoms with Crippen molar-refractivity contribution >= 4 is 12.4 Å². The molecule has 0 atom stereocenters. The van der Waals surface area contributed by atoms with Crippen LogP contribution in [0.1, 0.15) is 5.69 Å². The zero-order valence-corrected chi connectivity index (χ0v) is 6.14. The van der Waals surface area contributed by atoms with Gasteiger partial charge in [0.05, 0.1) is 0 Å². The number of rotatable bonds is 1. The number of halogens is 4. The lowest BCUT2D eigenvalue weighted by Crippen LogP contribution is -2.37. The predicted molar refractivity (Wildman–Crippen MR) is 37.6 cm³/mol. The summed E-state index contributed by atoms with van der Waals surface area (Å²) in [5.74, 6) is -1.65. The van der Waals surface area contributed by atoms with Gasteiger partial charge in [0.2, 0.25) is 0 Å². The molecule has 1 rings (SSSR count). The first-order chi connectivity index (χ1) is 5.95. The van der Waals surface area contributed by atoms with E-state index in [9.17, 15) is 17.3 Å². The predicted octanol–water partition coefficient (Wildman–Crippen LogP) is 1.15. The summed E-state index contributed by atoms with van der Waals surface area (Å²) in [4.78, 5) is 2.83. The molecule has 0 saturated carbocycles. The van der Waals surface area contributed by atoms with E-state index in [-0.39, 0.29) is 5.69 Å². The first kappa shape index (κ1) is 9.51. The van der Waals surface area contributed by atoms with Gasteiger partial charge in [0, 0.05) is 0 Å². The molecule has 0 aliphatic heterocycles. The molecule has 1 aromatic rings. The fourth-order valence-electron chi connectivity index (χ4n) is 0.751. The van der Waals surface area contributed by atoms with Gasteiger partial charge >= 0.3 is 6.98 Å². The van der Waals surface area contributed by atoms with Gasteiger partial charge < -0.3 is 12.9 Å². The molecule has 1 heterocycles. The molecule has 0 aromatic carbocycles. The lowest BCUT2D eigenvalue weighted by molar-refractivity contribution is 0.490. The molecule has 13 heavy (non-hydrogen) atoms. The Morgan fingerprint density at radius 2 is 1.92 bits per heavy atom. The number of nitrogens with zero attached hydrogens (tertiary/aromatic N) is 2. The van der Waals surface area contributed by atoms with E-state index in [1.807, 2.05) is 0 Å². The van der Waals surface area contributed by atoms with Gasteiger partial charge in [0.25, 0.3) is 0 Å². The summed E-state index contributed by atoms with van der Waals surface area (Å²) >= 11 is 0. The largest absolute Gasteiger partial charge is 0.514 e. The molecule has 0 N–H and O–H groups in total. The van der Waals surface area contributed by atoms with Gasteiger partial charge in [-0.05, 0) is 6.07 Å². The molecule has 0 saturated heterocycles. The van der Waals surface area contributed by atoms with Crippen molar-refractivity contribution in [2.24, 2.45) is 0 Å².